The summed E-state index contributed by atoms with van der Waals surface area (Å²) in [6, 6.07) is 20.0. The lowest BCUT2D eigenvalue weighted by atomic mass is 9.90. The number of phenols is 2. The van der Waals surface area contributed by atoms with Crippen LogP contribution in [0.5, 0.6) is 11.5 Å². The van der Waals surface area contributed by atoms with Gasteiger partial charge in [0.1, 0.15) is 22.8 Å². The average molecular weight is 499 g/mol. The third-order valence-corrected chi connectivity index (χ3v) is 5.78. The van der Waals surface area contributed by atoms with Crippen molar-refractivity contribution in [3.05, 3.63) is 94.6 Å². The Morgan fingerprint density at radius 1 is 0.778 bits per heavy atom. The van der Waals surface area contributed by atoms with Crippen LogP contribution >= 0.6 is 12.2 Å². The summed E-state index contributed by atoms with van der Waals surface area (Å²) in [6.07, 6.45) is 0. The summed E-state index contributed by atoms with van der Waals surface area (Å²) in [5.74, 6) is -0.792. The monoisotopic (exact) mass is 498 g/mol. The molecular weight excluding hydrogens is 480 g/mol. The topological polar surface area (TPSA) is 132 Å². The molecule has 178 valence electrons. The fraction of sp³-hybridized carbons (Fsp3) is 0. The highest BCUT2D eigenvalue weighted by atomic mass is 32.1. The molecule has 0 bridgehead atoms. The van der Waals surface area contributed by atoms with E-state index in [2.05, 4.69) is 10.6 Å². The number of aromatic carboxylic acids is 1. The van der Waals surface area contributed by atoms with Crippen LogP contribution in [0.2, 0.25) is 0 Å². The molecule has 8 nitrogen and oxygen atoms in total. The Labute approximate surface area is 209 Å². The number of hydrogen-bond donors (Lipinski definition) is 5. The van der Waals surface area contributed by atoms with E-state index in [9.17, 15) is 24.9 Å². The van der Waals surface area contributed by atoms with Crippen LogP contribution in [0.25, 0.3) is 33.4 Å². The molecule has 0 saturated carbocycles. The zero-order chi connectivity index (χ0) is 25.4. The second-order valence-electron chi connectivity index (χ2n) is 8.01. The maximum Gasteiger partial charge on any atom is 0.336 e. The molecule has 36 heavy (non-hydrogen) atoms. The quantitative estimate of drug-likeness (QED) is 0.124. The van der Waals surface area contributed by atoms with Gasteiger partial charge in [0, 0.05) is 40.0 Å². The highest BCUT2D eigenvalue weighted by Crippen LogP contribution is 2.42. The first-order valence-corrected chi connectivity index (χ1v) is 11.1. The molecule has 3 aromatic rings. The summed E-state index contributed by atoms with van der Waals surface area (Å²) in [4.78, 5) is 24.3. The minimum Gasteiger partial charge on any atom is -0.508 e. The van der Waals surface area contributed by atoms with Crippen molar-refractivity contribution < 1.29 is 24.5 Å². The van der Waals surface area contributed by atoms with Crippen LogP contribution in [-0.4, -0.2) is 26.4 Å². The number of benzene rings is 4. The van der Waals surface area contributed by atoms with Gasteiger partial charge in [0.2, 0.25) is 0 Å². The first kappa shape index (κ1) is 22.9. The van der Waals surface area contributed by atoms with Gasteiger partial charge < -0.3 is 30.4 Å². The summed E-state index contributed by atoms with van der Waals surface area (Å²) in [6.45, 7) is 0. The fourth-order valence-corrected chi connectivity index (χ4v) is 4.24. The van der Waals surface area contributed by atoms with Gasteiger partial charge in [-0.2, -0.15) is 0 Å². The van der Waals surface area contributed by atoms with E-state index in [1.165, 1.54) is 42.5 Å². The van der Waals surface area contributed by atoms with Crippen molar-refractivity contribution in [3.8, 4) is 33.9 Å². The van der Waals surface area contributed by atoms with Crippen molar-refractivity contribution in [1.29, 1.82) is 0 Å². The molecule has 0 atom stereocenters. The molecule has 1 aliphatic carbocycles. The third kappa shape index (κ3) is 4.42. The molecule has 0 unspecified atom stereocenters. The molecule has 5 N–H and O–H groups in total. The van der Waals surface area contributed by atoms with Crippen molar-refractivity contribution >= 4 is 45.6 Å². The fourth-order valence-electron chi connectivity index (χ4n) is 4.00. The van der Waals surface area contributed by atoms with Crippen molar-refractivity contribution in [1.82, 2.24) is 0 Å². The Balaban J connectivity index is 1.60. The molecule has 5 rings (SSSR count). The third-order valence-electron chi connectivity index (χ3n) is 5.58. The van der Waals surface area contributed by atoms with Crippen LogP contribution in [0.4, 0.5) is 11.4 Å². The van der Waals surface area contributed by atoms with Crippen LogP contribution in [-0.2, 0) is 0 Å². The molecule has 0 fully saturated rings. The average Bonchev–Trinajstić information content (AvgIpc) is 2.84. The van der Waals surface area contributed by atoms with Crippen molar-refractivity contribution in [2.45, 2.75) is 0 Å². The first-order valence-electron chi connectivity index (χ1n) is 10.7. The number of phenolic OH excluding ortho intramolecular Hbond substituents is 2. The summed E-state index contributed by atoms with van der Waals surface area (Å²) < 4.78 is 5.85. The highest BCUT2D eigenvalue weighted by Gasteiger charge is 2.22. The van der Waals surface area contributed by atoms with Crippen molar-refractivity contribution in [2.24, 2.45) is 0 Å². The molecule has 0 saturated heterocycles. The maximum absolute atomic E-state index is 12.3. The second-order valence-corrected chi connectivity index (χ2v) is 8.42. The summed E-state index contributed by atoms with van der Waals surface area (Å²) >= 11 is 5.34. The number of carboxylic acids is 1. The first-order chi connectivity index (χ1) is 17.3. The van der Waals surface area contributed by atoms with E-state index >= 15 is 0 Å². The second kappa shape index (κ2) is 9.05. The van der Waals surface area contributed by atoms with Crippen molar-refractivity contribution in [3.63, 3.8) is 0 Å². The normalized spacial score (nSPS) is 10.9. The lowest BCUT2D eigenvalue weighted by Gasteiger charge is -2.18. The van der Waals surface area contributed by atoms with Gasteiger partial charge in [-0.25, -0.2) is 4.79 Å². The Morgan fingerprint density at radius 2 is 1.44 bits per heavy atom. The zero-order valence-corrected chi connectivity index (χ0v) is 19.3. The molecule has 2 aliphatic rings. The van der Waals surface area contributed by atoms with E-state index in [0.29, 0.717) is 39.0 Å². The Bertz CT molecular complexity index is 1680. The Hall–Kier alpha value is -4.89. The smallest absolute Gasteiger partial charge is 0.336 e. The minimum absolute atomic E-state index is 0.000471. The number of fused-ring (bicyclic) bond motifs is 2. The van der Waals surface area contributed by atoms with Gasteiger partial charge in [-0.05, 0) is 78.4 Å². The van der Waals surface area contributed by atoms with Crippen LogP contribution < -0.4 is 16.1 Å². The van der Waals surface area contributed by atoms with Crippen LogP contribution in [0.1, 0.15) is 10.4 Å². The number of anilines is 2. The molecule has 0 aromatic heterocycles. The number of carboxylic acid groups (broad SMARTS) is 1. The largest absolute Gasteiger partial charge is 0.508 e. The van der Waals surface area contributed by atoms with Crippen LogP contribution in [0.15, 0.2) is 88.1 Å². The SMILES string of the molecule is O=C(O)c1cc(NC(=S)Nc2ccc(O)cc2)ccc1-c1c2ccc(=O)cc-2oc2cc(O)ccc12. The molecule has 3 aromatic carbocycles. The predicted octanol–water partition coefficient (Wildman–Crippen LogP) is 5.48. The predicted molar refractivity (Wildman–Crippen MR) is 141 cm³/mol. The summed E-state index contributed by atoms with van der Waals surface area (Å²) in [5.41, 5.74) is 2.65. The Morgan fingerprint density at radius 3 is 2.19 bits per heavy atom. The molecule has 0 spiro atoms. The van der Waals surface area contributed by atoms with E-state index in [-0.39, 0.29) is 33.4 Å². The molecule has 0 radical (unpaired) electrons. The Kier molecular flexibility index (Phi) is 5.75. The molecule has 9 heteroatoms. The van der Waals surface area contributed by atoms with Gasteiger partial charge >= 0.3 is 5.97 Å². The lowest BCUT2D eigenvalue weighted by Crippen LogP contribution is -2.19. The molecule has 1 aliphatic heterocycles. The number of thiocarbonyl (C=S) groups is 1. The minimum atomic E-state index is -1.16. The zero-order valence-electron chi connectivity index (χ0n) is 18.5. The number of aromatic hydroxyl groups is 2. The summed E-state index contributed by atoms with van der Waals surface area (Å²) in [5, 5.41) is 36.2. The van der Waals surface area contributed by atoms with E-state index < -0.39 is 5.97 Å². The van der Waals surface area contributed by atoms with Gasteiger partial charge in [0.15, 0.2) is 10.5 Å². The molecule has 1 heterocycles. The van der Waals surface area contributed by atoms with Gasteiger partial charge in [-0.1, -0.05) is 6.07 Å². The molecule has 0 amide bonds. The number of rotatable bonds is 4. The van der Waals surface area contributed by atoms with Crippen LogP contribution in [0.3, 0.4) is 0 Å². The van der Waals surface area contributed by atoms with Crippen molar-refractivity contribution in [2.75, 3.05) is 10.6 Å². The van der Waals surface area contributed by atoms with E-state index in [1.54, 1.807) is 36.4 Å². The van der Waals surface area contributed by atoms with Gasteiger partial charge in [-0.15, -0.1) is 0 Å². The van der Waals surface area contributed by atoms with Gasteiger partial charge in [-0.3, -0.25) is 4.79 Å². The lowest BCUT2D eigenvalue weighted by molar-refractivity contribution is 0.0697. The van der Waals surface area contributed by atoms with E-state index in [4.69, 9.17) is 16.6 Å². The standard InChI is InChI=1S/C27H18N2O6S/c30-16-4-1-14(2-5-16)28-27(36)29-15-3-8-19(22(11-15)26(33)34)25-20-9-6-17(31)12-23(20)35-24-13-18(32)7-10-21(24)25/h1-13,30-31H,(H,33,34)(H2,28,29,36). The highest BCUT2D eigenvalue weighted by molar-refractivity contribution is 7.80. The van der Waals surface area contributed by atoms with Gasteiger partial charge in [0.25, 0.3) is 0 Å². The summed E-state index contributed by atoms with van der Waals surface area (Å²) in [7, 11) is 0. The number of nitrogens with one attached hydrogen (secondary N) is 2. The number of hydrogen-bond acceptors (Lipinski definition) is 6. The van der Waals surface area contributed by atoms with Crippen LogP contribution in [0, 0.1) is 0 Å². The van der Waals surface area contributed by atoms with E-state index in [0.717, 1.165) is 0 Å². The molecular formula is C27H18N2O6S. The number of carbonyl (C=O) groups is 1. The van der Waals surface area contributed by atoms with Gasteiger partial charge in [0.05, 0.1) is 5.56 Å². The maximum atomic E-state index is 12.3. The van der Waals surface area contributed by atoms with E-state index in [1.807, 2.05) is 0 Å².